The smallest absolute Gasteiger partial charge is 0.274 e. The zero-order chi connectivity index (χ0) is 13.8. The molecule has 1 aromatic heterocycles. The number of halogens is 1. The van der Waals surface area contributed by atoms with Crippen LogP contribution in [-0.4, -0.2) is 27.4 Å². The van der Waals surface area contributed by atoms with Gasteiger partial charge in [-0.1, -0.05) is 11.3 Å². The number of benzene rings is 1. The van der Waals surface area contributed by atoms with Gasteiger partial charge in [0.2, 0.25) is 0 Å². The fourth-order valence-corrected chi connectivity index (χ4v) is 1.97. The molecule has 2 rings (SSSR count). The number of rotatable bonds is 4. The Morgan fingerprint density at radius 3 is 2.79 bits per heavy atom. The van der Waals surface area contributed by atoms with Crippen molar-refractivity contribution in [1.29, 1.82) is 0 Å². The summed E-state index contributed by atoms with van der Waals surface area (Å²) < 4.78 is 2.79. The van der Waals surface area contributed by atoms with Crippen LogP contribution in [0.2, 0.25) is 0 Å². The normalized spacial score (nSPS) is 10.2. The Bertz CT molecular complexity index is 604. The first-order valence-electron chi connectivity index (χ1n) is 5.71. The standard InChI is InChI=1S/C13H13IN4O/c1-3-8-15-13(19)12-9(2)18(17-16-12)11-6-4-10(14)5-7-11/h3-7H,1,8H2,2H3,(H,15,19). The molecule has 2 aromatic rings. The van der Waals surface area contributed by atoms with E-state index in [0.29, 0.717) is 17.9 Å². The maximum absolute atomic E-state index is 11.8. The van der Waals surface area contributed by atoms with Gasteiger partial charge in [0.1, 0.15) is 0 Å². The van der Waals surface area contributed by atoms with E-state index < -0.39 is 0 Å². The predicted octanol–water partition coefficient (Wildman–Crippen LogP) is 2.10. The predicted molar refractivity (Wildman–Crippen MR) is 81.3 cm³/mol. The minimum atomic E-state index is -0.242. The molecule has 0 aliphatic carbocycles. The van der Waals surface area contributed by atoms with E-state index in [1.807, 2.05) is 31.2 Å². The maximum atomic E-state index is 11.8. The van der Waals surface area contributed by atoms with Crippen LogP contribution in [0.25, 0.3) is 5.69 Å². The lowest BCUT2D eigenvalue weighted by Crippen LogP contribution is -2.24. The molecule has 5 nitrogen and oxygen atoms in total. The van der Waals surface area contributed by atoms with E-state index in [2.05, 4.69) is 44.8 Å². The quantitative estimate of drug-likeness (QED) is 0.664. The lowest BCUT2D eigenvalue weighted by Gasteiger charge is -2.04. The van der Waals surface area contributed by atoms with Crippen molar-refractivity contribution in [2.45, 2.75) is 6.92 Å². The fourth-order valence-electron chi connectivity index (χ4n) is 1.62. The van der Waals surface area contributed by atoms with Gasteiger partial charge in [-0.2, -0.15) is 0 Å². The number of nitrogens with zero attached hydrogens (tertiary/aromatic N) is 3. The molecule has 1 aromatic carbocycles. The molecule has 98 valence electrons. The molecule has 0 atom stereocenters. The number of hydrogen-bond donors (Lipinski definition) is 1. The van der Waals surface area contributed by atoms with Crippen LogP contribution in [0.5, 0.6) is 0 Å². The first kappa shape index (κ1) is 13.7. The third kappa shape index (κ3) is 3.01. The Morgan fingerprint density at radius 2 is 2.16 bits per heavy atom. The van der Waals surface area contributed by atoms with Gasteiger partial charge < -0.3 is 5.32 Å². The van der Waals surface area contributed by atoms with E-state index >= 15 is 0 Å². The van der Waals surface area contributed by atoms with Gasteiger partial charge in [-0.15, -0.1) is 11.7 Å². The highest BCUT2D eigenvalue weighted by Crippen LogP contribution is 2.14. The van der Waals surface area contributed by atoms with Crippen molar-refractivity contribution in [2.24, 2.45) is 0 Å². The Morgan fingerprint density at radius 1 is 1.47 bits per heavy atom. The number of aromatic nitrogens is 3. The maximum Gasteiger partial charge on any atom is 0.274 e. The van der Waals surface area contributed by atoms with E-state index in [1.54, 1.807) is 10.8 Å². The fraction of sp³-hybridized carbons (Fsp3) is 0.154. The topological polar surface area (TPSA) is 59.8 Å². The molecule has 0 aliphatic rings. The minimum Gasteiger partial charge on any atom is -0.347 e. The average Bonchev–Trinajstić information content (AvgIpc) is 2.79. The Hall–Kier alpha value is -1.70. The summed E-state index contributed by atoms with van der Waals surface area (Å²) in [5, 5.41) is 10.6. The lowest BCUT2D eigenvalue weighted by atomic mass is 10.3. The van der Waals surface area contributed by atoms with Crippen molar-refractivity contribution in [3.63, 3.8) is 0 Å². The molecule has 1 N–H and O–H groups in total. The second kappa shape index (κ2) is 5.96. The van der Waals surface area contributed by atoms with Gasteiger partial charge in [0.05, 0.1) is 11.4 Å². The first-order chi connectivity index (χ1) is 9.13. The molecule has 19 heavy (non-hydrogen) atoms. The highest BCUT2D eigenvalue weighted by Gasteiger charge is 2.16. The summed E-state index contributed by atoms with van der Waals surface area (Å²) in [6.07, 6.45) is 1.62. The van der Waals surface area contributed by atoms with Crippen LogP contribution >= 0.6 is 22.6 Å². The third-order valence-corrected chi connectivity index (χ3v) is 3.31. The van der Waals surface area contributed by atoms with Crippen molar-refractivity contribution in [1.82, 2.24) is 20.3 Å². The van der Waals surface area contributed by atoms with Crippen molar-refractivity contribution >= 4 is 28.5 Å². The van der Waals surface area contributed by atoms with E-state index in [9.17, 15) is 4.79 Å². The summed E-state index contributed by atoms with van der Waals surface area (Å²) in [6, 6.07) is 7.84. The Labute approximate surface area is 124 Å². The lowest BCUT2D eigenvalue weighted by molar-refractivity contribution is 0.0952. The van der Waals surface area contributed by atoms with E-state index in [0.717, 1.165) is 9.26 Å². The number of carbonyl (C=O) groups excluding carboxylic acids is 1. The van der Waals surface area contributed by atoms with Crippen LogP contribution in [0.3, 0.4) is 0 Å². The molecule has 0 fully saturated rings. The van der Waals surface area contributed by atoms with Gasteiger partial charge in [0, 0.05) is 10.1 Å². The third-order valence-electron chi connectivity index (χ3n) is 2.59. The average molecular weight is 368 g/mol. The van der Waals surface area contributed by atoms with Crippen LogP contribution in [0.1, 0.15) is 16.2 Å². The second-order valence-corrected chi connectivity index (χ2v) is 5.16. The van der Waals surface area contributed by atoms with Gasteiger partial charge in [-0.3, -0.25) is 4.79 Å². The molecule has 0 unspecified atom stereocenters. The van der Waals surface area contributed by atoms with Gasteiger partial charge >= 0.3 is 0 Å². The summed E-state index contributed by atoms with van der Waals surface area (Å²) in [4.78, 5) is 11.8. The molecule has 6 heteroatoms. The van der Waals surface area contributed by atoms with Crippen molar-refractivity contribution in [3.8, 4) is 5.69 Å². The van der Waals surface area contributed by atoms with Crippen LogP contribution in [-0.2, 0) is 0 Å². The van der Waals surface area contributed by atoms with Crippen LogP contribution in [0, 0.1) is 10.5 Å². The summed E-state index contributed by atoms with van der Waals surface area (Å²) in [6.45, 7) is 5.78. The second-order valence-electron chi connectivity index (χ2n) is 3.91. The molecule has 0 radical (unpaired) electrons. The summed E-state index contributed by atoms with van der Waals surface area (Å²) in [5.74, 6) is -0.242. The largest absolute Gasteiger partial charge is 0.347 e. The van der Waals surface area contributed by atoms with Gasteiger partial charge in [-0.25, -0.2) is 4.68 Å². The Balaban J connectivity index is 2.30. The monoisotopic (exact) mass is 368 g/mol. The zero-order valence-corrected chi connectivity index (χ0v) is 12.6. The zero-order valence-electron chi connectivity index (χ0n) is 10.4. The summed E-state index contributed by atoms with van der Waals surface area (Å²) in [7, 11) is 0. The van der Waals surface area contributed by atoms with Gasteiger partial charge in [0.15, 0.2) is 5.69 Å². The van der Waals surface area contributed by atoms with Gasteiger partial charge in [0.25, 0.3) is 5.91 Å². The van der Waals surface area contributed by atoms with Crippen LogP contribution in [0.15, 0.2) is 36.9 Å². The summed E-state index contributed by atoms with van der Waals surface area (Å²) in [5.41, 5.74) is 1.93. The number of amides is 1. The summed E-state index contributed by atoms with van der Waals surface area (Å²) >= 11 is 2.24. The van der Waals surface area contributed by atoms with Gasteiger partial charge in [-0.05, 0) is 53.8 Å². The molecule has 0 aliphatic heterocycles. The molecule has 0 saturated carbocycles. The van der Waals surface area contributed by atoms with E-state index in [4.69, 9.17) is 0 Å². The van der Waals surface area contributed by atoms with E-state index in [1.165, 1.54) is 0 Å². The molecular formula is C13H13IN4O. The highest BCUT2D eigenvalue weighted by molar-refractivity contribution is 14.1. The van der Waals surface area contributed by atoms with Crippen LogP contribution < -0.4 is 5.32 Å². The van der Waals surface area contributed by atoms with Crippen molar-refractivity contribution < 1.29 is 4.79 Å². The molecular weight excluding hydrogens is 355 g/mol. The minimum absolute atomic E-state index is 0.242. The van der Waals surface area contributed by atoms with Crippen LogP contribution in [0.4, 0.5) is 0 Å². The SMILES string of the molecule is C=CCNC(=O)c1nnn(-c2ccc(I)cc2)c1C. The highest BCUT2D eigenvalue weighted by atomic mass is 127. The Kier molecular flexibility index (Phi) is 4.31. The number of carbonyl (C=O) groups is 1. The molecule has 1 amide bonds. The molecule has 1 heterocycles. The number of nitrogens with one attached hydrogen (secondary N) is 1. The molecule has 0 saturated heterocycles. The van der Waals surface area contributed by atoms with Crippen molar-refractivity contribution in [3.05, 3.63) is 51.9 Å². The van der Waals surface area contributed by atoms with Crippen molar-refractivity contribution in [2.75, 3.05) is 6.54 Å². The molecule has 0 bridgehead atoms. The number of hydrogen-bond acceptors (Lipinski definition) is 3. The van der Waals surface area contributed by atoms with E-state index in [-0.39, 0.29) is 5.91 Å². The first-order valence-corrected chi connectivity index (χ1v) is 6.78. The molecule has 0 spiro atoms.